The third-order valence-electron chi connectivity index (χ3n) is 12.9. The van der Waals surface area contributed by atoms with Gasteiger partial charge in [0, 0.05) is 18.9 Å². The molecule has 4 aliphatic carbocycles. The first-order chi connectivity index (χ1) is 18.5. The van der Waals surface area contributed by atoms with Gasteiger partial charge in [0.1, 0.15) is 17.9 Å². The Bertz CT molecular complexity index is 1310. The molecule has 1 N–H and O–H groups in total. The van der Waals surface area contributed by atoms with E-state index in [-0.39, 0.29) is 47.1 Å². The number of rotatable bonds is 8. The Labute approximate surface area is 231 Å². The van der Waals surface area contributed by atoms with Gasteiger partial charge in [-0.3, -0.25) is 4.98 Å². The van der Waals surface area contributed by atoms with Crippen LogP contribution in [-0.4, -0.2) is 46.1 Å². The molecule has 3 spiro atoms. The molecule has 8 heteroatoms. The van der Waals surface area contributed by atoms with Crippen molar-refractivity contribution in [3.63, 3.8) is 0 Å². The lowest BCUT2D eigenvalue weighted by Gasteiger charge is -2.70. The first-order valence-corrected chi connectivity index (χ1v) is 15.5. The monoisotopic (exact) mass is 541 g/mol. The Balaban J connectivity index is 1.35. The van der Waals surface area contributed by atoms with Crippen molar-refractivity contribution in [1.82, 2.24) is 14.3 Å². The molecule has 4 fully saturated rings. The lowest BCUT2D eigenvalue weighted by Crippen LogP contribution is -2.81. The summed E-state index contributed by atoms with van der Waals surface area (Å²) in [6, 6.07) is 0. The predicted octanol–water partition coefficient (Wildman–Crippen LogP) is 4.53. The van der Waals surface area contributed by atoms with E-state index in [1.165, 1.54) is 25.7 Å². The smallest absolute Gasteiger partial charge is 0.345 e. The number of aromatic nitrogens is 3. The number of aromatic amines is 1. The molecule has 1 aromatic rings. The van der Waals surface area contributed by atoms with Crippen molar-refractivity contribution < 1.29 is 14.2 Å². The van der Waals surface area contributed by atoms with Crippen LogP contribution in [0.1, 0.15) is 92.4 Å². The van der Waals surface area contributed by atoms with Crippen molar-refractivity contribution in [2.75, 3.05) is 13.9 Å². The molecule has 0 radical (unpaired) electrons. The van der Waals surface area contributed by atoms with Crippen molar-refractivity contribution >= 4 is 0 Å². The molecule has 1 saturated heterocycles. The maximum Gasteiger partial charge on any atom is 0.345 e. The van der Waals surface area contributed by atoms with E-state index in [0.717, 1.165) is 31.6 Å². The van der Waals surface area contributed by atoms with E-state index in [0.29, 0.717) is 18.3 Å². The largest absolute Gasteiger partial charge is 0.362 e. The van der Waals surface area contributed by atoms with E-state index in [1.54, 1.807) is 7.11 Å². The van der Waals surface area contributed by atoms with Crippen molar-refractivity contribution in [2.45, 2.75) is 121 Å². The van der Waals surface area contributed by atoms with Crippen LogP contribution in [0.4, 0.5) is 0 Å². The van der Waals surface area contributed by atoms with Gasteiger partial charge in [-0.15, -0.1) is 0 Å². The zero-order chi connectivity index (χ0) is 27.6. The minimum atomic E-state index is -0.674. The Kier molecular flexibility index (Phi) is 5.54. The van der Waals surface area contributed by atoms with Gasteiger partial charge < -0.3 is 14.2 Å². The molecular formula is C31H47N3O5. The molecule has 0 unspecified atom stereocenters. The van der Waals surface area contributed by atoms with Crippen LogP contribution < -0.4 is 11.4 Å². The second kappa shape index (κ2) is 8.22. The molecule has 0 amide bonds. The molecular weight excluding hydrogens is 494 g/mol. The Morgan fingerprint density at radius 3 is 2.56 bits per heavy atom. The van der Waals surface area contributed by atoms with Gasteiger partial charge in [0.05, 0.1) is 17.7 Å². The fraction of sp³-hybridized carbons (Fsp3) is 0.871. The minimum absolute atomic E-state index is 0.0519. The number of nitrogens with zero attached hydrogens (tertiary/aromatic N) is 2. The molecule has 1 aromatic heterocycles. The highest BCUT2D eigenvalue weighted by Crippen LogP contribution is 2.82. The molecule has 2 bridgehead atoms. The Morgan fingerprint density at radius 1 is 1.05 bits per heavy atom. The van der Waals surface area contributed by atoms with Crippen molar-refractivity contribution in [3.8, 4) is 0 Å². The summed E-state index contributed by atoms with van der Waals surface area (Å²) in [4.78, 5) is 30.1. The number of hydrogen-bond acceptors (Lipinski definition) is 5. The second-order valence-electron chi connectivity index (χ2n) is 14.8. The minimum Gasteiger partial charge on any atom is -0.362 e. The summed E-state index contributed by atoms with van der Waals surface area (Å²) in [6.07, 6.45) is 14.2. The third-order valence-corrected chi connectivity index (χ3v) is 12.9. The number of H-pyrrole nitrogens is 1. The fourth-order valence-electron chi connectivity index (χ4n) is 11.3. The van der Waals surface area contributed by atoms with Gasteiger partial charge in [-0.1, -0.05) is 66.0 Å². The number of epoxide rings is 1. The quantitative estimate of drug-likeness (QED) is 0.297. The van der Waals surface area contributed by atoms with E-state index in [9.17, 15) is 9.59 Å². The topological polar surface area (TPSA) is 90.8 Å². The van der Waals surface area contributed by atoms with Crippen LogP contribution in [0.15, 0.2) is 21.7 Å². The predicted molar refractivity (Wildman–Crippen MR) is 148 cm³/mol. The van der Waals surface area contributed by atoms with Crippen LogP contribution >= 0.6 is 0 Å². The van der Waals surface area contributed by atoms with Crippen LogP contribution in [0, 0.1) is 34.5 Å². The summed E-state index contributed by atoms with van der Waals surface area (Å²) in [5.74, 6) is 2.20. The molecule has 8 nitrogen and oxygen atoms in total. The average molecular weight is 542 g/mol. The van der Waals surface area contributed by atoms with Gasteiger partial charge in [0.2, 0.25) is 0 Å². The molecule has 7 aliphatic rings. The third kappa shape index (κ3) is 2.87. The number of nitrogens with one attached hydrogen (secondary N) is 1. The highest BCUT2D eigenvalue weighted by molar-refractivity contribution is 5.46. The van der Waals surface area contributed by atoms with Gasteiger partial charge in [0.15, 0.2) is 0 Å². The van der Waals surface area contributed by atoms with E-state index in [1.807, 2.05) is 9.36 Å². The summed E-state index contributed by atoms with van der Waals surface area (Å²) in [5.41, 5.74) is -2.66. The number of hydrogen-bond donors (Lipinski definition) is 1. The summed E-state index contributed by atoms with van der Waals surface area (Å²) in [7, 11) is 1.63. The molecule has 3 aliphatic heterocycles. The molecule has 3 saturated carbocycles. The van der Waals surface area contributed by atoms with Crippen LogP contribution in [0.25, 0.3) is 0 Å². The van der Waals surface area contributed by atoms with Gasteiger partial charge in [-0.2, -0.15) is 0 Å². The molecule has 8 rings (SSSR count). The normalized spacial score (nSPS) is 47.4. The van der Waals surface area contributed by atoms with Crippen LogP contribution in [-0.2, 0) is 25.3 Å². The summed E-state index contributed by atoms with van der Waals surface area (Å²) in [6.45, 7) is 12.1. The number of fused-ring (bicyclic) bond motifs is 1. The van der Waals surface area contributed by atoms with Crippen LogP contribution in [0.3, 0.4) is 0 Å². The first kappa shape index (κ1) is 26.3. The average Bonchev–Trinajstić information content (AvgIpc) is 3.37. The fourth-order valence-corrected chi connectivity index (χ4v) is 11.3. The highest BCUT2D eigenvalue weighted by Gasteiger charge is 2.91. The zero-order valence-electron chi connectivity index (χ0n) is 24.6. The van der Waals surface area contributed by atoms with E-state index < -0.39 is 16.7 Å². The zero-order valence-corrected chi connectivity index (χ0v) is 24.6. The van der Waals surface area contributed by atoms with Gasteiger partial charge >= 0.3 is 11.4 Å². The maximum atomic E-state index is 13.8. The Hall–Kier alpha value is -1.64. The molecule has 39 heavy (non-hydrogen) atoms. The van der Waals surface area contributed by atoms with Gasteiger partial charge in [0.25, 0.3) is 0 Å². The molecule has 216 valence electrons. The second-order valence-corrected chi connectivity index (χ2v) is 14.8. The van der Waals surface area contributed by atoms with Gasteiger partial charge in [-0.05, 0) is 61.2 Å². The number of methoxy groups -OCH3 is 1. The standard InChI is InChI=1S/C31H47N3O5/c1-19(2)8-7-9-20(3)22-10-11-23-27(22,4)17-24-31(39-24)28(5)13-12-21(38-18-37-6)16-29(28)14-15-30(23,31)34-26(36)32-25(35)33(29)34/h14-15,19-24H,7-13,16-18H2,1-6H3,(H,32,35,36)/t20-,21+,22-,23-,24-,27-,28+,29-,30+,31+/m1/s1. The van der Waals surface area contributed by atoms with Crippen LogP contribution in [0.5, 0.6) is 0 Å². The van der Waals surface area contributed by atoms with Crippen molar-refractivity contribution in [1.29, 1.82) is 0 Å². The summed E-state index contributed by atoms with van der Waals surface area (Å²) in [5, 5.41) is 0. The van der Waals surface area contributed by atoms with E-state index in [4.69, 9.17) is 14.2 Å². The SMILES string of the molecule is COCO[C@H]1CC[C@]2(C)[C@@]34O[C@@H]3C[C@]3(C)[C@@H]([C@H](C)CCCC(C)C)CC[C@H]3[C@@]43C=C[C@]2(C1)n1c(=O)[nH]c(=O)n13. The van der Waals surface area contributed by atoms with Gasteiger partial charge in [-0.25, -0.2) is 19.0 Å². The van der Waals surface area contributed by atoms with Crippen LogP contribution in [0.2, 0.25) is 0 Å². The molecule has 10 atom stereocenters. The maximum absolute atomic E-state index is 13.8. The lowest BCUT2D eigenvalue weighted by atomic mass is 9.40. The first-order valence-electron chi connectivity index (χ1n) is 15.5. The summed E-state index contributed by atoms with van der Waals surface area (Å²) >= 11 is 0. The highest BCUT2D eigenvalue weighted by atomic mass is 16.7. The lowest BCUT2D eigenvalue weighted by molar-refractivity contribution is -0.206. The van der Waals surface area contributed by atoms with E-state index >= 15 is 0 Å². The molecule has 4 heterocycles. The number of allylic oxidation sites excluding steroid dienone is 1. The van der Waals surface area contributed by atoms with E-state index in [2.05, 4.69) is 51.8 Å². The summed E-state index contributed by atoms with van der Waals surface area (Å²) < 4.78 is 22.0. The van der Waals surface area contributed by atoms with Crippen molar-refractivity contribution in [2.24, 2.45) is 34.5 Å². The number of ether oxygens (including phenoxy) is 3. The molecule has 0 aromatic carbocycles. The van der Waals surface area contributed by atoms with Crippen molar-refractivity contribution in [3.05, 3.63) is 33.1 Å². The Morgan fingerprint density at radius 2 is 1.82 bits per heavy atom.